The summed E-state index contributed by atoms with van der Waals surface area (Å²) in [7, 11) is 3.50. The summed E-state index contributed by atoms with van der Waals surface area (Å²) >= 11 is 0. The normalized spacial score (nSPS) is 15.2. The maximum Gasteiger partial charge on any atom is 0.272 e. The third kappa shape index (κ3) is 3.94. The van der Waals surface area contributed by atoms with Crippen LogP contribution in [0.1, 0.15) is 42.6 Å². The Morgan fingerprint density at radius 2 is 2.10 bits per heavy atom. The third-order valence-corrected chi connectivity index (χ3v) is 4.07. The fourth-order valence-corrected chi connectivity index (χ4v) is 2.94. The van der Waals surface area contributed by atoms with Gasteiger partial charge in [0.1, 0.15) is 5.69 Å². The predicted molar refractivity (Wildman–Crippen MR) is 85.5 cm³/mol. The topological polar surface area (TPSA) is 62.5 Å². The standard InChI is InChI=1S/C16H26N4O/c1-19(2)16(21)15-12-14(8-10-18-15)20(11-5-9-17)13-6-3-4-7-13/h8,10,12-13H,3-7,9,11,17H2,1-2H3. The number of hydrogen-bond acceptors (Lipinski definition) is 4. The Labute approximate surface area is 127 Å². The van der Waals surface area contributed by atoms with Crippen LogP contribution in [0.5, 0.6) is 0 Å². The minimum atomic E-state index is -0.0537. The second-order valence-electron chi connectivity index (χ2n) is 5.87. The van der Waals surface area contributed by atoms with Crippen molar-refractivity contribution in [1.29, 1.82) is 0 Å². The third-order valence-electron chi connectivity index (χ3n) is 4.07. The van der Waals surface area contributed by atoms with Gasteiger partial charge in [0.25, 0.3) is 5.91 Å². The number of hydrogen-bond donors (Lipinski definition) is 1. The Balaban J connectivity index is 2.22. The summed E-state index contributed by atoms with van der Waals surface area (Å²) in [6.07, 6.45) is 7.73. The van der Waals surface area contributed by atoms with E-state index >= 15 is 0 Å². The van der Waals surface area contributed by atoms with E-state index in [1.165, 1.54) is 25.7 Å². The van der Waals surface area contributed by atoms with Crippen LogP contribution in [0.3, 0.4) is 0 Å². The van der Waals surface area contributed by atoms with Gasteiger partial charge in [-0.05, 0) is 37.9 Å². The Hall–Kier alpha value is -1.62. The van der Waals surface area contributed by atoms with E-state index in [-0.39, 0.29) is 5.91 Å². The molecule has 0 aromatic carbocycles. The minimum Gasteiger partial charge on any atom is -0.368 e. The van der Waals surface area contributed by atoms with E-state index in [2.05, 4.69) is 9.88 Å². The van der Waals surface area contributed by atoms with Gasteiger partial charge in [-0.1, -0.05) is 12.8 Å². The fraction of sp³-hybridized carbons (Fsp3) is 0.625. The van der Waals surface area contributed by atoms with Gasteiger partial charge >= 0.3 is 0 Å². The second kappa shape index (κ2) is 7.41. The highest BCUT2D eigenvalue weighted by atomic mass is 16.2. The monoisotopic (exact) mass is 290 g/mol. The Bertz CT molecular complexity index is 469. The molecule has 0 atom stereocenters. The van der Waals surface area contributed by atoms with Gasteiger partial charge in [0.15, 0.2) is 0 Å². The molecule has 1 aromatic rings. The average molecular weight is 290 g/mol. The first kappa shape index (κ1) is 15.8. The smallest absolute Gasteiger partial charge is 0.272 e. The average Bonchev–Trinajstić information content (AvgIpc) is 3.01. The summed E-state index contributed by atoms with van der Waals surface area (Å²) in [5, 5.41) is 0. The van der Waals surface area contributed by atoms with E-state index < -0.39 is 0 Å². The van der Waals surface area contributed by atoms with Crippen LogP contribution in [0.4, 0.5) is 5.69 Å². The number of pyridine rings is 1. The molecule has 1 fully saturated rings. The van der Waals surface area contributed by atoms with Gasteiger partial charge in [0.05, 0.1) is 0 Å². The van der Waals surface area contributed by atoms with E-state index in [1.807, 2.05) is 12.1 Å². The van der Waals surface area contributed by atoms with Crippen LogP contribution < -0.4 is 10.6 Å². The predicted octanol–water partition coefficient (Wildman–Crippen LogP) is 1.88. The van der Waals surface area contributed by atoms with Crippen molar-refractivity contribution in [3.05, 3.63) is 24.0 Å². The molecular weight excluding hydrogens is 264 g/mol. The zero-order valence-corrected chi connectivity index (χ0v) is 13.1. The summed E-state index contributed by atoms with van der Waals surface area (Å²) in [6, 6.07) is 4.49. The molecule has 21 heavy (non-hydrogen) atoms. The number of anilines is 1. The van der Waals surface area contributed by atoms with Crippen molar-refractivity contribution in [3.8, 4) is 0 Å². The fourth-order valence-electron chi connectivity index (χ4n) is 2.94. The van der Waals surface area contributed by atoms with Gasteiger partial charge in [0, 0.05) is 38.6 Å². The van der Waals surface area contributed by atoms with Crippen LogP contribution in [0, 0.1) is 0 Å². The highest BCUT2D eigenvalue weighted by Gasteiger charge is 2.23. The van der Waals surface area contributed by atoms with Crippen LogP contribution in [0.2, 0.25) is 0 Å². The van der Waals surface area contributed by atoms with E-state index in [4.69, 9.17) is 5.73 Å². The van der Waals surface area contributed by atoms with E-state index in [9.17, 15) is 4.79 Å². The molecule has 0 radical (unpaired) electrons. The number of amides is 1. The zero-order chi connectivity index (χ0) is 15.2. The Kier molecular flexibility index (Phi) is 5.56. The highest BCUT2D eigenvalue weighted by molar-refractivity contribution is 5.92. The zero-order valence-electron chi connectivity index (χ0n) is 13.1. The lowest BCUT2D eigenvalue weighted by atomic mass is 10.1. The van der Waals surface area contributed by atoms with E-state index in [0.29, 0.717) is 18.3 Å². The van der Waals surface area contributed by atoms with Crippen LogP contribution >= 0.6 is 0 Å². The van der Waals surface area contributed by atoms with Crippen LogP contribution in [0.15, 0.2) is 18.3 Å². The summed E-state index contributed by atoms with van der Waals surface area (Å²) in [4.78, 5) is 20.3. The molecule has 0 unspecified atom stereocenters. The first-order valence-corrected chi connectivity index (χ1v) is 7.78. The lowest BCUT2D eigenvalue weighted by Gasteiger charge is -2.31. The largest absolute Gasteiger partial charge is 0.368 e. The van der Waals surface area contributed by atoms with E-state index in [1.54, 1.807) is 25.2 Å². The number of carbonyl (C=O) groups is 1. The van der Waals surface area contributed by atoms with Gasteiger partial charge in [-0.25, -0.2) is 0 Å². The molecule has 0 bridgehead atoms. The molecule has 1 aliphatic rings. The SMILES string of the molecule is CN(C)C(=O)c1cc(N(CCCN)C2CCCC2)ccn1. The lowest BCUT2D eigenvalue weighted by molar-refractivity contribution is 0.0822. The van der Waals surface area contributed by atoms with Gasteiger partial charge < -0.3 is 15.5 Å². The molecule has 5 heteroatoms. The van der Waals surface area contributed by atoms with Gasteiger partial charge in [-0.3, -0.25) is 9.78 Å². The van der Waals surface area contributed by atoms with Crippen LogP contribution in [-0.4, -0.2) is 49.0 Å². The molecule has 116 valence electrons. The molecule has 1 aliphatic carbocycles. The molecular formula is C16H26N4O. The number of carbonyl (C=O) groups excluding carboxylic acids is 1. The summed E-state index contributed by atoms with van der Waals surface area (Å²) in [6.45, 7) is 1.64. The number of nitrogens with two attached hydrogens (primary N) is 1. The van der Waals surface area contributed by atoms with Crippen molar-refractivity contribution in [2.24, 2.45) is 5.73 Å². The lowest BCUT2D eigenvalue weighted by Crippen LogP contribution is -2.35. The molecule has 1 saturated carbocycles. The molecule has 0 spiro atoms. The maximum absolute atomic E-state index is 12.1. The van der Waals surface area contributed by atoms with Gasteiger partial charge in [0.2, 0.25) is 0 Å². The van der Waals surface area contributed by atoms with Crippen LogP contribution in [-0.2, 0) is 0 Å². The van der Waals surface area contributed by atoms with Crippen molar-refractivity contribution in [2.75, 3.05) is 32.1 Å². The quantitative estimate of drug-likeness (QED) is 0.869. The van der Waals surface area contributed by atoms with Crippen molar-refractivity contribution in [1.82, 2.24) is 9.88 Å². The molecule has 5 nitrogen and oxygen atoms in total. The van der Waals surface area contributed by atoms with Crippen molar-refractivity contribution >= 4 is 11.6 Å². The molecule has 2 N–H and O–H groups in total. The molecule has 1 heterocycles. The Morgan fingerprint density at radius 3 is 2.71 bits per heavy atom. The summed E-state index contributed by atoms with van der Waals surface area (Å²) < 4.78 is 0. The first-order chi connectivity index (χ1) is 10.1. The second-order valence-corrected chi connectivity index (χ2v) is 5.87. The van der Waals surface area contributed by atoms with Gasteiger partial charge in [-0.2, -0.15) is 0 Å². The summed E-state index contributed by atoms with van der Waals surface area (Å²) in [5.41, 5.74) is 7.27. The highest BCUT2D eigenvalue weighted by Crippen LogP contribution is 2.28. The first-order valence-electron chi connectivity index (χ1n) is 7.78. The number of aromatic nitrogens is 1. The molecule has 1 aromatic heterocycles. The van der Waals surface area contributed by atoms with Crippen molar-refractivity contribution in [3.63, 3.8) is 0 Å². The molecule has 0 aliphatic heterocycles. The maximum atomic E-state index is 12.1. The van der Waals surface area contributed by atoms with Crippen molar-refractivity contribution < 1.29 is 4.79 Å². The van der Waals surface area contributed by atoms with Crippen LogP contribution in [0.25, 0.3) is 0 Å². The van der Waals surface area contributed by atoms with E-state index in [0.717, 1.165) is 18.7 Å². The summed E-state index contributed by atoms with van der Waals surface area (Å²) in [5.74, 6) is -0.0537. The van der Waals surface area contributed by atoms with Gasteiger partial charge in [-0.15, -0.1) is 0 Å². The number of rotatable bonds is 6. The Morgan fingerprint density at radius 1 is 1.38 bits per heavy atom. The minimum absolute atomic E-state index is 0.0537. The molecule has 1 amide bonds. The molecule has 0 saturated heterocycles. The van der Waals surface area contributed by atoms with Crippen molar-refractivity contribution in [2.45, 2.75) is 38.1 Å². The molecule has 2 rings (SSSR count). The number of nitrogens with zero attached hydrogens (tertiary/aromatic N) is 3.